The summed E-state index contributed by atoms with van der Waals surface area (Å²) < 4.78 is 4.27. The molecule has 8 aromatic rings. The monoisotopic (exact) mass is 684 g/mol. The highest BCUT2D eigenvalue weighted by Crippen LogP contribution is 2.44. The molecule has 10 rings (SSSR count). The second-order valence-corrected chi connectivity index (χ2v) is 13.5. The van der Waals surface area contributed by atoms with E-state index >= 15 is 0 Å². The highest BCUT2D eigenvalue weighted by atomic mass is 15.1. The number of allylic oxidation sites excluding steroid dienone is 1. The van der Waals surface area contributed by atoms with Gasteiger partial charge in [-0.2, -0.15) is 0 Å². The molecule has 0 bridgehead atoms. The van der Waals surface area contributed by atoms with Gasteiger partial charge in [0, 0.05) is 70.6 Å². The normalized spacial score (nSPS) is 16.8. The molecule has 0 radical (unpaired) electrons. The topological polar surface area (TPSA) is 191 Å². The summed E-state index contributed by atoms with van der Waals surface area (Å²) in [6, 6.07) is 20.4. The number of aromatic nitrogens is 8. The van der Waals surface area contributed by atoms with Crippen molar-refractivity contribution in [3.05, 3.63) is 110 Å². The molecule has 52 heavy (non-hydrogen) atoms. The van der Waals surface area contributed by atoms with Gasteiger partial charge in [0.2, 0.25) is 0 Å². The molecule has 6 aromatic heterocycles. The maximum absolute atomic E-state index is 6.26. The average molecular weight is 685 g/mol. The first-order chi connectivity index (χ1) is 25.3. The lowest BCUT2D eigenvalue weighted by Gasteiger charge is -2.24. The Balaban J connectivity index is 0.000000138. The van der Waals surface area contributed by atoms with E-state index in [2.05, 4.69) is 82.9 Å². The van der Waals surface area contributed by atoms with Crippen LogP contribution in [0.5, 0.6) is 0 Å². The van der Waals surface area contributed by atoms with Crippen LogP contribution in [0, 0.1) is 0 Å². The molecule has 8 heterocycles. The summed E-state index contributed by atoms with van der Waals surface area (Å²) in [6.45, 7) is 7.69. The van der Waals surface area contributed by atoms with Crippen LogP contribution in [0.1, 0.15) is 24.7 Å². The molecule has 0 unspecified atom stereocenters. The number of nitrogens with zero attached hydrogens (tertiary/aromatic N) is 8. The number of fused-ring (bicyclic) bond motifs is 8. The SMILES string of the molecule is C=C1C[C@H](N)Cn2c1c(-c1cnc3ccccc3c1)c1c(N)ncnc12.CC1=C[C@H](N)Cn2c1c(-c1cnc3ccccc3c1)c1c(N)ncnc12. The number of nitrogen functional groups attached to an aromatic ring is 2. The third-order valence-corrected chi connectivity index (χ3v) is 9.99. The van der Waals surface area contributed by atoms with Crippen molar-refractivity contribution >= 4 is 66.7 Å². The molecule has 0 saturated carbocycles. The second kappa shape index (κ2) is 12.1. The van der Waals surface area contributed by atoms with Crippen molar-refractivity contribution in [1.82, 2.24) is 39.0 Å². The maximum atomic E-state index is 6.26. The molecule has 0 saturated heterocycles. The highest BCUT2D eigenvalue weighted by Gasteiger charge is 2.29. The van der Waals surface area contributed by atoms with Crippen molar-refractivity contribution < 1.29 is 0 Å². The van der Waals surface area contributed by atoms with Crippen LogP contribution in [0.15, 0.2) is 98.4 Å². The lowest BCUT2D eigenvalue weighted by Crippen LogP contribution is -2.31. The Kier molecular flexibility index (Phi) is 7.31. The van der Waals surface area contributed by atoms with Gasteiger partial charge in [-0.05, 0) is 48.8 Å². The summed E-state index contributed by atoms with van der Waals surface area (Å²) in [5, 5.41) is 3.87. The van der Waals surface area contributed by atoms with Crippen molar-refractivity contribution in [2.75, 3.05) is 11.5 Å². The number of hydrogen-bond acceptors (Lipinski definition) is 10. The van der Waals surface area contributed by atoms with E-state index in [9.17, 15) is 0 Å². The molecule has 12 nitrogen and oxygen atoms in total. The van der Waals surface area contributed by atoms with Crippen molar-refractivity contribution in [3.63, 3.8) is 0 Å². The molecular weight excluding hydrogens is 649 g/mol. The molecule has 0 fully saturated rings. The largest absolute Gasteiger partial charge is 0.383 e. The van der Waals surface area contributed by atoms with E-state index in [0.717, 1.165) is 95.1 Å². The number of pyridine rings is 2. The van der Waals surface area contributed by atoms with Gasteiger partial charge in [0.1, 0.15) is 35.6 Å². The lowest BCUT2D eigenvalue weighted by molar-refractivity contribution is 0.543. The first-order valence-corrected chi connectivity index (χ1v) is 17.1. The highest BCUT2D eigenvalue weighted by molar-refractivity contribution is 6.08. The third kappa shape index (κ3) is 4.99. The van der Waals surface area contributed by atoms with Crippen LogP contribution < -0.4 is 22.9 Å². The Labute approximate surface area is 298 Å². The summed E-state index contributed by atoms with van der Waals surface area (Å²) in [5.74, 6) is 0.933. The Morgan fingerprint density at radius 2 is 1.19 bits per heavy atom. The minimum Gasteiger partial charge on any atom is -0.383 e. The molecular formula is C40H36N12. The van der Waals surface area contributed by atoms with Gasteiger partial charge in [0.15, 0.2) is 0 Å². The van der Waals surface area contributed by atoms with Gasteiger partial charge >= 0.3 is 0 Å². The van der Waals surface area contributed by atoms with Crippen LogP contribution in [0.4, 0.5) is 11.6 Å². The zero-order chi connectivity index (χ0) is 35.7. The van der Waals surface area contributed by atoms with Crippen LogP contribution in [-0.2, 0) is 13.1 Å². The first kappa shape index (κ1) is 31.5. The summed E-state index contributed by atoms with van der Waals surface area (Å²) >= 11 is 0. The molecule has 0 amide bonds. The van der Waals surface area contributed by atoms with E-state index in [1.54, 1.807) is 0 Å². The fourth-order valence-corrected chi connectivity index (χ4v) is 7.87. The molecule has 256 valence electrons. The van der Waals surface area contributed by atoms with Crippen LogP contribution >= 0.6 is 0 Å². The predicted octanol–water partition coefficient (Wildman–Crippen LogP) is 5.95. The minimum atomic E-state index is -0.0446. The molecule has 2 aliphatic heterocycles. The number of anilines is 2. The van der Waals surface area contributed by atoms with E-state index in [-0.39, 0.29) is 12.1 Å². The zero-order valence-corrected chi connectivity index (χ0v) is 28.5. The van der Waals surface area contributed by atoms with E-state index in [4.69, 9.17) is 22.9 Å². The first-order valence-electron chi connectivity index (χ1n) is 17.1. The summed E-state index contributed by atoms with van der Waals surface area (Å²) in [4.78, 5) is 26.7. The molecule has 8 N–H and O–H groups in total. The van der Waals surface area contributed by atoms with Gasteiger partial charge in [0.05, 0.1) is 33.2 Å². The predicted molar refractivity (Wildman–Crippen MR) is 209 cm³/mol. The number of nitrogens with two attached hydrogens (primary N) is 4. The quantitative estimate of drug-likeness (QED) is 0.169. The smallest absolute Gasteiger partial charge is 0.146 e. The molecule has 12 heteroatoms. The summed E-state index contributed by atoms with van der Waals surface area (Å²) in [7, 11) is 0. The van der Waals surface area contributed by atoms with Gasteiger partial charge < -0.3 is 32.1 Å². The fraction of sp³-hybridized carbons (Fsp3) is 0.150. The minimum absolute atomic E-state index is 0.0179. The van der Waals surface area contributed by atoms with Gasteiger partial charge in [-0.3, -0.25) is 9.97 Å². The Morgan fingerprint density at radius 1 is 0.673 bits per heavy atom. The maximum Gasteiger partial charge on any atom is 0.146 e. The van der Waals surface area contributed by atoms with E-state index in [0.29, 0.717) is 24.7 Å². The summed E-state index contributed by atoms with van der Waals surface area (Å²) in [6.07, 6.45) is 9.62. The number of rotatable bonds is 2. The average Bonchev–Trinajstić information content (AvgIpc) is 3.67. The van der Waals surface area contributed by atoms with Crippen LogP contribution in [0.3, 0.4) is 0 Å². The molecule has 0 spiro atoms. The van der Waals surface area contributed by atoms with Crippen LogP contribution in [0.2, 0.25) is 0 Å². The van der Waals surface area contributed by atoms with E-state index in [1.807, 2.05) is 48.8 Å². The van der Waals surface area contributed by atoms with Crippen LogP contribution in [0.25, 0.3) is 77.3 Å². The second-order valence-electron chi connectivity index (χ2n) is 13.5. The van der Waals surface area contributed by atoms with Gasteiger partial charge in [-0.1, -0.05) is 49.1 Å². The van der Waals surface area contributed by atoms with Gasteiger partial charge in [-0.15, -0.1) is 0 Å². The number of hydrogen-bond donors (Lipinski definition) is 4. The standard InChI is InChI=1S/2C20H18N6/c2*1-11-6-14(21)9-26-18(11)16(17-19(22)24-10-25-20(17)26)13-7-12-4-2-3-5-15(12)23-8-13/h2-8,10,14H,9,21H2,1H3,(H2,22,24,25);2-5,7-8,10,14H,1,6,9,21H2,(H2,22,24,25)/t2*14-/m00/s1. The molecule has 2 aromatic carbocycles. The Morgan fingerprint density at radius 3 is 1.77 bits per heavy atom. The van der Waals surface area contributed by atoms with E-state index < -0.39 is 0 Å². The Bertz CT molecular complexity index is 2730. The lowest BCUT2D eigenvalue weighted by atomic mass is 9.94. The van der Waals surface area contributed by atoms with Crippen molar-refractivity contribution in [2.45, 2.75) is 38.5 Å². The number of para-hydroxylation sites is 2. The number of benzene rings is 2. The third-order valence-electron chi connectivity index (χ3n) is 9.99. The van der Waals surface area contributed by atoms with E-state index in [1.165, 1.54) is 12.7 Å². The van der Waals surface area contributed by atoms with Gasteiger partial charge in [-0.25, -0.2) is 19.9 Å². The Hall–Kier alpha value is -6.50. The van der Waals surface area contributed by atoms with Crippen molar-refractivity contribution in [1.29, 1.82) is 0 Å². The van der Waals surface area contributed by atoms with Gasteiger partial charge in [0.25, 0.3) is 0 Å². The molecule has 2 aliphatic rings. The summed E-state index contributed by atoms with van der Waals surface area (Å²) in [5.41, 5.74) is 36.7. The molecule has 0 aliphatic carbocycles. The van der Waals surface area contributed by atoms with Crippen molar-refractivity contribution in [3.8, 4) is 22.3 Å². The molecule has 2 atom stereocenters. The van der Waals surface area contributed by atoms with Crippen molar-refractivity contribution in [2.24, 2.45) is 11.5 Å². The van der Waals surface area contributed by atoms with Crippen LogP contribution in [-0.4, -0.2) is 51.1 Å². The zero-order valence-electron chi connectivity index (χ0n) is 28.5. The fourth-order valence-electron chi connectivity index (χ4n) is 7.87.